The maximum absolute atomic E-state index is 10.4. The van der Waals surface area contributed by atoms with Gasteiger partial charge in [-0.2, -0.15) is 0 Å². The second kappa shape index (κ2) is 5.14. The molecule has 2 N–H and O–H groups in total. The van der Waals surface area contributed by atoms with Crippen LogP contribution in [-0.4, -0.2) is 34.6 Å². The first kappa shape index (κ1) is 11.9. The molecule has 0 radical (unpaired) electrons. The van der Waals surface area contributed by atoms with E-state index in [1.165, 1.54) is 5.56 Å². The van der Waals surface area contributed by atoms with Crippen molar-refractivity contribution < 1.29 is 9.90 Å². The molecule has 0 aliphatic carbocycles. The van der Waals surface area contributed by atoms with Crippen LogP contribution in [-0.2, 0) is 17.9 Å². The zero-order chi connectivity index (χ0) is 12.3. The van der Waals surface area contributed by atoms with Gasteiger partial charge in [0, 0.05) is 26.1 Å². The number of rotatable bonds is 5. The van der Waals surface area contributed by atoms with Gasteiger partial charge in [-0.1, -0.05) is 6.07 Å². The van der Waals surface area contributed by atoms with Crippen LogP contribution >= 0.6 is 0 Å². The van der Waals surface area contributed by atoms with Gasteiger partial charge < -0.3 is 10.4 Å². The molecule has 0 amide bonds. The Bertz CT molecular complexity index is 420. The van der Waals surface area contributed by atoms with E-state index in [2.05, 4.69) is 28.3 Å². The molecule has 0 fully saturated rings. The molecular weight excluding hydrogens is 218 g/mol. The van der Waals surface area contributed by atoms with Crippen LogP contribution in [0.5, 0.6) is 0 Å². The smallest absolute Gasteiger partial charge is 0.303 e. The molecule has 0 saturated carbocycles. The third kappa shape index (κ3) is 3.17. The minimum Gasteiger partial charge on any atom is -0.481 e. The summed E-state index contributed by atoms with van der Waals surface area (Å²) in [5.74, 6) is 0.0831. The second-order valence-electron chi connectivity index (χ2n) is 4.40. The molecule has 2 heterocycles. The molecule has 0 unspecified atom stereocenters. The lowest BCUT2D eigenvalue weighted by Crippen LogP contribution is -2.08. The molecule has 92 valence electrons. The summed E-state index contributed by atoms with van der Waals surface area (Å²) in [6.45, 7) is 2.50. The van der Waals surface area contributed by atoms with Crippen molar-refractivity contribution in [1.82, 2.24) is 9.88 Å². The Morgan fingerprint density at radius 3 is 3.12 bits per heavy atom. The fraction of sp³-hybridized carbons (Fsp3) is 0.500. The minimum absolute atomic E-state index is 0.195. The number of carboxylic acids is 1. The van der Waals surface area contributed by atoms with Crippen molar-refractivity contribution >= 4 is 11.8 Å². The first-order chi connectivity index (χ1) is 8.15. The fourth-order valence-corrected chi connectivity index (χ4v) is 1.97. The summed E-state index contributed by atoms with van der Waals surface area (Å²) >= 11 is 0. The normalized spacial score (nSPS) is 14.6. The van der Waals surface area contributed by atoms with E-state index in [-0.39, 0.29) is 6.42 Å². The Balaban J connectivity index is 1.86. The molecule has 0 atom stereocenters. The Labute approximate surface area is 100 Å². The molecule has 1 aliphatic heterocycles. The van der Waals surface area contributed by atoms with Gasteiger partial charge in [0.05, 0.1) is 5.69 Å². The SMILES string of the molecule is CN1Cc2ccc(NCCCC(=O)O)nc2C1. The van der Waals surface area contributed by atoms with E-state index in [4.69, 9.17) is 5.11 Å². The monoisotopic (exact) mass is 235 g/mol. The standard InChI is InChI=1S/C12H17N3O2/c1-15-7-9-4-5-11(14-10(9)8-15)13-6-2-3-12(16)17/h4-5H,2-3,6-8H2,1H3,(H,13,14)(H,16,17). The van der Waals surface area contributed by atoms with Crippen LogP contribution in [0.1, 0.15) is 24.1 Å². The highest BCUT2D eigenvalue weighted by Gasteiger charge is 2.16. The summed E-state index contributed by atoms with van der Waals surface area (Å²) in [5.41, 5.74) is 2.40. The van der Waals surface area contributed by atoms with Crippen molar-refractivity contribution in [1.29, 1.82) is 0 Å². The van der Waals surface area contributed by atoms with Crippen LogP contribution in [0.25, 0.3) is 0 Å². The maximum atomic E-state index is 10.4. The van der Waals surface area contributed by atoms with Crippen molar-refractivity contribution in [2.75, 3.05) is 18.9 Å². The number of anilines is 1. The van der Waals surface area contributed by atoms with E-state index in [0.717, 1.165) is 24.6 Å². The first-order valence-electron chi connectivity index (χ1n) is 5.78. The average molecular weight is 235 g/mol. The quantitative estimate of drug-likeness (QED) is 0.753. The van der Waals surface area contributed by atoms with Gasteiger partial charge >= 0.3 is 5.97 Å². The van der Waals surface area contributed by atoms with Gasteiger partial charge in [-0.3, -0.25) is 9.69 Å². The second-order valence-corrected chi connectivity index (χ2v) is 4.40. The Morgan fingerprint density at radius 1 is 1.53 bits per heavy atom. The van der Waals surface area contributed by atoms with Crippen molar-refractivity contribution in [2.24, 2.45) is 0 Å². The van der Waals surface area contributed by atoms with Crippen molar-refractivity contribution in [3.05, 3.63) is 23.4 Å². The zero-order valence-corrected chi connectivity index (χ0v) is 9.94. The summed E-state index contributed by atoms with van der Waals surface area (Å²) < 4.78 is 0. The van der Waals surface area contributed by atoms with Crippen molar-refractivity contribution in [2.45, 2.75) is 25.9 Å². The van der Waals surface area contributed by atoms with Crippen LogP contribution in [0.2, 0.25) is 0 Å². The number of hydrogen-bond acceptors (Lipinski definition) is 4. The maximum Gasteiger partial charge on any atom is 0.303 e. The number of carboxylic acid groups (broad SMARTS) is 1. The lowest BCUT2D eigenvalue weighted by atomic mass is 10.2. The van der Waals surface area contributed by atoms with Gasteiger partial charge in [0.25, 0.3) is 0 Å². The van der Waals surface area contributed by atoms with Crippen LogP contribution in [0.15, 0.2) is 12.1 Å². The molecule has 0 spiro atoms. The largest absolute Gasteiger partial charge is 0.481 e. The molecule has 1 aromatic rings. The van der Waals surface area contributed by atoms with Gasteiger partial charge in [-0.05, 0) is 25.1 Å². The van der Waals surface area contributed by atoms with Crippen LogP contribution < -0.4 is 5.32 Å². The number of aromatic nitrogens is 1. The van der Waals surface area contributed by atoms with Crippen LogP contribution in [0, 0.1) is 0 Å². The first-order valence-corrected chi connectivity index (χ1v) is 5.78. The van der Waals surface area contributed by atoms with E-state index < -0.39 is 5.97 Å². The number of pyridine rings is 1. The van der Waals surface area contributed by atoms with Gasteiger partial charge in [-0.25, -0.2) is 4.98 Å². The van der Waals surface area contributed by atoms with Gasteiger partial charge in [0.2, 0.25) is 0 Å². The van der Waals surface area contributed by atoms with E-state index in [0.29, 0.717) is 13.0 Å². The molecular formula is C12H17N3O2. The molecule has 1 aliphatic rings. The molecule has 5 nitrogen and oxygen atoms in total. The third-order valence-corrected chi connectivity index (χ3v) is 2.80. The number of aliphatic carboxylic acids is 1. The van der Waals surface area contributed by atoms with Crippen molar-refractivity contribution in [3.63, 3.8) is 0 Å². The summed E-state index contributed by atoms with van der Waals surface area (Å²) in [4.78, 5) is 17.1. The Morgan fingerprint density at radius 2 is 2.35 bits per heavy atom. The Hall–Kier alpha value is -1.62. The average Bonchev–Trinajstić information content (AvgIpc) is 2.63. The molecule has 1 aromatic heterocycles. The van der Waals surface area contributed by atoms with E-state index in [1.54, 1.807) is 0 Å². The molecule has 0 aromatic carbocycles. The lowest BCUT2D eigenvalue weighted by molar-refractivity contribution is -0.137. The zero-order valence-electron chi connectivity index (χ0n) is 9.94. The van der Waals surface area contributed by atoms with Crippen molar-refractivity contribution in [3.8, 4) is 0 Å². The van der Waals surface area contributed by atoms with Crippen LogP contribution in [0.4, 0.5) is 5.82 Å². The summed E-state index contributed by atoms with van der Waals surface area (Å²) in [7, 11) is 2.07. The molecule has 0 saturated heterocycles. The highest BCUT2D eigenvalue weighted by molar-refractivity contribution is 5.66. The third-order valence-electron chi connectivity index (χ3n) is 2.80. The number of nitrogens with zero attached hydrogens (tertiary/aromatic N) is 2. The minimum atomic E-state index is -0.754. The lowest BCUT2D eigenvalue weighted by Gasteiger charge is -2.06. The number of hydrogen-bond donors (Lipinski definition) is 2. The van der Waals surface area contributed by atoms with E-state index >= 15 is 0 Å². The van der Waals surface area contributed by atoms with Gasteiger partial charge in [-0.15, -0.1) is 0 Å². The predicted octanol–water partition coefficient (Wildman–Crippen LogP) is 1.30. The number of carbonyl (C=O) groups is 1. The van der Waals surface area contributed by atoms with Crippen LogP contribution in [0.3, 0.4) is 0 Å². The number of nitrogens with one attached hydrogen (secondary N) is 1. The van der Waals surface area contributed by atoms with Gasteiger partial charge in [0.1, 0.15) is 5.82 Å². The highest BCUT2D eigenvalue weighted by Crippen LogP contribution is 2.20. The van der Waals surface area contributed by atoms with E-state index in [9.17, 15) is 4.79 Å². The molecule has 2 rings (SSSR count). The highest BCUT2D eigenvalue weighted by atomic mass is 16.4. The fourth-order valence-electron chi connectivity index (χ4n) is 1.97. The number of fused-ring (bicyclic) bond motifs is 1. The summed E-state index contributed by atoms with van der Waals surface area (Å²) in [6, 6.07) is 4.05. The summed E-state index contributed by atoms with van der Waals surface area (Å²) in [6.07, 6.45) is 0.814. The molecule has 0 bridgehead atoms. The molecule has 5 heteroatoms. The van der Waals surface area contributed by atoms with E-state index in [1.807, 2.05) is 6.07 Å². The Kier molecular flexibility index (Phi) is 3.58. The summed E-state index contributed by atoms with van der Waals surface area (Å²) in [5, 5.41) is 11.7. The predicted molar refractivity (Wildman–Crippen MR) is 64.8 cm³/mol. The topological polar surface area (TPSA) is 65.5 Å². The van der Waals surface area contributed by atoms with Gasteiger partial charge in [0.15, 0.2) is 0 Å². The molecule has 17 heavy (non-hydrogen) atoms.